The number of hydrogen-bond acceptors (Lipinski definition) is 5. The topological polar surface area (TPSA) is 88.1 Å². The van der Waals surface area contributed by atoms with E-state index < -0.39 is 5.97 Å². The monoisotopic (exact) mass is 395 g/mol. The molecule has 0 saturated carbocycles. The first kappa shape index (κ1) is 19.7. The number of carboxylic acid groups (broad SMARTS) is 1. The van der Waals surface area contributed by atoms with Crippen LogP contribution in [0.15, 0.2) is 64.7 Å². The van der Waals surface area contributed by atoms with Crippen molar-refractivity contribution in [2.45, 2.75) is 31.5 Å². The van der Waals surface area contributed by atoms with Gasteiger partial charge in [0.15, 0.2) is 0 Å². The van der Waals surface area contributed by atoms with E-state index in [4.69, 9.17) is 4.74 Å². The standard InChI is InChI=1S/C21H21N3O3S/c1-2-6-19-22-21(24-23-19)28-18(20(25)26)13-15-9-11-17(12-10-15)27-14-16-7-4-3-5-8-16/h3-5,7-13H,2,6,14H2,1H3,(H,25,26)(H,22,23,24)/b18-13-. The number of aromatic amines is 1. The first-order valence-corrected chi connectivity index (χ1v) is 9.76. The number of aliphatic carboxylic acids is 1. The van der Waals surface area contributed by atoms with Crippen molar-refractivity contribution in [3.8, 4) is 5.75 Å². The van der Waals surface area contributed by atoms with E-state index in [0.717, 1.165) is 47.3 Å². The highest BCUT2D eigenvalue weighted by atomic mass is 32.2. The summed E-state index contributed by atoms with van der Waals surface area (Å²) in [7, 11) is 0. The van der Waals surface area contributed by atoms with Crippen LogP contribution in [0.5, 0.6) is 5.75 Å². The second-order valence-corrected chi connectivity index (χ2v) is 7.08. The van der Waals surface area contributed by atoms with E-state index in [1.807, 2.05) is 61.5 Å². The molecule has 3 aromatic rings. The van der Waals surface area contributed by atoms with Gasteiger partial charge in [0.05, 0.1) is 0 Å². The molecule has 0 amide bonds. The van der Waals surface area contributed by atoms with Crippen LogP contribution in [-0.4, -0.2) is 26.3 Å². The minimum Gasteiger partial charge on any atom is -0.489 e. The van der Waals surface area contributed by atoms with E-state index >= 15 is 0 Å². The number of hydrogen-bond donors (Lipinski definition) is 2. The second kappa shape index (κ2) is 9.75. The third-order valence-electron chi connectivity index (χ3n) is 3.84. The summed E-state index contributed by atoms with van der Waals surface area (Å²) in [6.07, 6.45) is 3.33. The zero-order valence-electron chi connectivity index (χ0n) is 15.5. The molecule has 1 aromatic heterocycles. The summed E-state index contributed by atoms with van der Waals surface area (Å²) in [4.78, 5) is 16.0. The van der Waals surface area contributed by atoms with Crippen LogP contribution in [0.1, 0.15) is 30.3 Å². The maximum atomic E-state index is 11.6. The van der Waals surface area contributed by atoms with Crippen molar-refractivity contribution in [3.05, 3.63) is 76.5 Å². The molecule has 6 nitrogen and oxygen atoms in total. The molecule has 0 aliphatic carbocycles. The summed E-state index contributed by atoms with van der Waals surface area (Å²) in [5.41, 5.74) is 1.85. The van der Waals surface area contributed by atoms with E-state index in [-0.39, 0.29) is 4.91 Å². The van der Waals surface area contributed by atoms with Crippen molar-refractivity contribution in [2.75, 3.05) is 0 Å². The number of aryl methyl sites for hydroxylation is 1. The zero-order valence-corrected chi connectivity index (χ0v) is 16.3. The quantitative estimate of drug-likeness (QED) is 0.408. The van der Waals surface area contributed by atoms with E-state index in [0.29, 0.717) is 11.8 Å². The number of H-pyrrole nitrogens is 1. The predicted octanol–water partition coefficient (Wildman–Crippen LogP) is 4.55. The van der Waals surface area contributed by atoms with Gasteiger partial charge < -0.3 is 9.84 Å². The fourth-order valence-electron chi connectivity index (χ4n) is 2.46. The number of benzene rings is 2. The van der Waals surface area contributed by atoms with Gasteiger partial charge in [-0.3, -0.25) is 5.10 Å². The van der Waals surface area contributed by atoms with Crippen LogP contribution >= 0.6 is 11.8 Å². The average Bonchev–Trinajstić information content (AvgIpc) is 3.15. The molecule has 0 aliphatic rings. The Labute approximate surface area is 167 Å². The highest BCUT2D eigenvalue weighted by Crippen LogP contribution is 2.26. The Morgan fingerprint density at radius 3 is 2.61 bits per heavy atom. The Morgan fingerprint density at radius 1 is 1.18 bits per heavy atom. The number of carboxylic acids is 1. The summed E-state index contributed by atoms with van der Waals surface area (Å²) >= 11 is 1.03. The molecule has 2 N–H and O–H groups in total. The van der Waals surface area contributed by atoms with E-state index in [9.17, 15) is 9.90 Å². The van der Waals surface area contributed by atoms with Crippen molar-refractivity contribution >= 4 is 23.8 Å². The Kier molecular flexibility index (Phi) is 6.86. The van der Waals surface area contributed by atoms with E-state index in [2.05, 4.69) is 15.2 Å². The van der Waals surface area contributed by atoms with Gasteiger partial charge in [-0.15, -0.1) is 5.10 Å². The van der Waals surface area contributed by atoms with Crippen molar-refractivity contribution in [3.63, 3.8) is 0 Å². The molecule has 7 heteroatoms. The zero-order chi connectivity index (χ0) is 19.8. The minimum atomic E-state index is -1.02. The molecule has 0 radical (unpaired) electrons. The molecular formula is C21H21N3O3S. The largest absolute Gasteiger partial charge is 0.489 e. The molecule has 28 heavy (non-hydrogen) atoms. The first-order chi connectivity index (χ1) is 13.6. The minimum absolute atomic E-state index is 0.153. The summed E-state index contributed by atoms with van der Waals surface area (Å²) in [6, 6.07) is 17.2. The maximum Gasteiger partial charge on any atom is 0.342 e. The molecular weight excluding hydrogens is 374 g/mol. The number of ether oxygens (including phenoxy) is 1. The lowest BCUT2D eigenvalue weighted by atomic mass is 10.2. The fraction of sp³-hybridized carbons (Fsp3) is 0.190. The highest BCUT2D eigenvalue weighted by Gasteiger charge is 2.13. The van der Waals surface area contributed by atoms with Gasteiger partial charge in [0.25, 0.3) is 0 Å². The van der Waals surface area contributed by atoms with Crippen LogP contribution in [0.25, 0.3) is 6.08 Å². The molecule has 3 rings (SSSR count). The Hall–Kier alpha value is -3.06. The number of nitrogens with zero attached hydrogens (tertiary/aromatic N) is 2. The highest BCUT2D eigenvalue weighted by molar-refractivity contribution is 8.04. The second-order valence-electron chi connectivity index (χ2n) is 6.07. The third kappa shape index (κ3) is 5.72. The van der Waals surface area contributed by atoms with Gasteiger partial charge in [-0.2, -0.15) is 0 Å². The van der Waals surface area contributed by atoms with E-state index in [1.165, 1.54) is 0 Å². The van der Waals surface area contributed by atoms with Gasteiger partial charge in [0, 0.05) is 6.42 Å². The van der Waals surface area contributed by atoms with Gasteiger partial charge in [-0.1, -0.05) is 49.4 Å². The average molecular weight is 395 g/mol. The normalized spacial score (nSPS) is 11.4. The molecule has 0 aliphatic heterocycles. The first-order valence-electron chi connectivity index (χ1n) is 8.95. The maximum absolute atomic E-state index is 11.6. The van der Waals surface area contributed by atoms with Crippen LogP contribution in [0.4, 0.5) is 0 Å². The van der Waals surface area contributed by atoms with Gasteiger partial charge in [-0.05, 0) is 47.5 Å². The molecule has 0 bridgehead atoms. The summed E-state index contributed by atoms with van der Waals surface area (Å²) in [6.45, 7) is 2.53. The molecule has 144 valence electrons. The number of nitrogens with one attached hydrogen (secondary N) is 1. The van der Waals surface area contributed by atoms with Crippen molar-refractivity contribution in [1.82, 2.24) is 15.2 Å². The van der Waals surface area contributed by atoms with Crippen LogP contribution in [0.2, 0.25) is 0 Å². The van der Waals surface area contributed by atoms with Crippen LogP contribution in [0.3, 0.4) is 0 Å². The molecule has 0 unspecified atom stereocenters. The molecule has 0 fully saturated rings. The number of thioether (sulfide) groups is 1. The number of aromatic nitrogens is 3. The lowest BCUT2D eigenvalue weighted by Crippen LogP contribution is -1.97. The van der Waals surface area contributed by atoms with Gasteiger partial charge in [0.2, 0.25) is 5.16 Å². The van der Waals surface area contributed by atoms with Crippen LogP contribution in [-0.2, 0) is 17.8 Å². The van der Waals surface area contributed by atoms with Gasteiger partial charge >= 0.3 is 5.97 Å². The molecule has 0 atom stereocenters. The van der Waals surface area contributed by atoms with Gasteiger partial charge in [0.1, 0.15) is 23.1 Å². The summed E-state index contributed by atoms with van der Waals surface area (Å²) in [5, 5.41) is 16.8. The smallest absolute Gasteiger partial charge is 0.342 e. The lowest BCUT2D eigenvalue weighted by molar-refractivity contribution is -0.131. The van der Waals surface area contributed by atoms with Crippen molar-refractivity contribution in [1.29, 1.82) is 0 Å². The predicted molar refractivity (Wildman–Crippen MR) is 109 cm³/mol. The Bertz CT molecular complexity index is 937. The molecule has 2 aromatic carbocycles. The summed E-state index contributed by atoms with van der Waals surface area (Å²) in [5.74, 6) is 0.467. The Morgan fingerprint density at radius 2 is 1.93 bits per heavy atom. The van der Waals surface area contributed by atoms with Gasteiger partial charge in [-0.25, -0.2) is 9.78 Å². The SMILES string of the molecule is CCCc1nc(S/C(=C\c2ccc(OCc3ccccc3)cc2)C(=O)O)n[nH]1. The number of rotatable bonds is 9. The number of carbonyl (C=O) groups is 1. The summed E-state index contributed by atoms with van der Waals surface area (Å²) < 4.78 is 5.75. The van der Waals surface area contributed by atoms with Crippen molar-refractivity contribution < 1.29 is 14.6 Å². The molecule has 0 saturated heterocycles. The Balaban J connectivity index is 1.65. The van der Waals surface area contributed by atoms with Crippen LogP contribution in [0, 0.1) is 0 Å². The lowest BCUT2D eigenvalue weighted by Gasteiger charge is -2.06. The molecule has 1 heterocycles. The van der Waals surface area contributed by atoms with Crippen molar-refractivity contribution in [2.24, 2.45) is 0 Å². The fourth-order valence-corrected chi connectivity index (χ4v) is 3.18. The molecule has 0 spiro atoms. The third-order valence-corrected chi connectivity index (χ3v) is 4.71. The van der Waals surface area contributed by atoms with E-state index in [1.54, 1.807) is 6.08 Å². The van der Waals surface area contributed by atoms with Crippen LogP contribution < -0.4 is 4.74 Å².